The minimum atomic E-state index is -1.78. The molecule has 3 saturated heterocycles. The SMILES string of the molecule is CC[C@H]1OC(=O)[C@H](C)[C@@H](OC2C[C@@](C)(OC)[C@@H](OC(=O)CCN(CC)CC)[C@H](C)O2)[C@H](C)[C@@H](O[C@@H]2O[C@H](C)C[C@H](N(C)C)[C@@H]2O)[C@](C)(OC)C[C@@H](C)C(=O)N[C@H](C)[C@@H](OCCCN)[C@]1(C)O. The lowest BCUT2D eigenvalue weighted by Gasteiger charge is -2.49. The van der Waals surface area contributed by atoms with Gasteiger partial charge in [0.25, 0.3) is 0 Å². The molecule has 1 amide bonds. The summed E-state index contributed by atoms with van der Waals surface area (Å²) in [6, 6.07) is -1.04. The number of cyclic esters (lactones) is 1. The van der Waals surface area contributed by atoms with Crippen molar-refractivity contribution in [3.05, 3.63) is 0 Å². The second-order valence-corrected chi connectivity index (χ2v) is 20.0. The van der Waals surface area contributed by atoms with Crippen LogP contribution in [0.15, 0.2) is 0 Å². The Hall–Kier alpha value is -2.07. The number of nitrogens with zero attached hydrogens (tertiary/aromatic N) is 2. The van der Waals surface area contributed by atoms with E-state index in [1.54, 1.807) is 48.7 Å². The summed E-state index contributed by atoms with van der Waals surface area (Å²) in [5.74, 6) is -3.87. The summed E-state index contributed by atoms with van der Waals surface area (Å²) < 4.78 is 58.0. The molecule has 3 aliphatic rings. The molecule has 18 atom stereocenters. The molecule has 0 bridgehead atoms. The van der Waals surface area contributed by atoms with Crippen LogP contribution in [0, 0.1) is 17.8 Å². The molecule has 0 aromatic carbocycles. The van der Waals surface area contributed by atoms with Gasteiger partial charge in [0.15, 0.2) is 18.7 Å². The van der Waals surface area contributed by atoms with Crippen LogP contribution in [0.5, 0.6) is 0 Å². The number of methoxy groups -OCH3 is 2. The average molecular weight is 947 g/mol. The first-order chi connectivity index (χ1) is 30.9. The maximum atomic E-state index is 14.8. The largest absolute Gasteiger partial charge is 0.459 e. The van der Waals surface area contributed by atoms with Crippen molar-refractivity contribution in [2.45, 2.75) is 212 Å². The number of likely N-dealkylation sites (N-methyl/N-ethyl adjacent to an activating group) is 1. The van der Waals surface area contributed by atoms with Crippen molar-refractivity contribution in [2.24, 2.45) is 23.5 Å². The smallest absolute Gasteiger partial charge is 0.311 e. The first-order valence-corrected chi connectivity index (χ1v) is 24.4. The van der Waals surface area contributed by atoms with Gasteiger partial charge in [-0.1, -0.05) is 34.6 Å². The highest BCUT2D eigenvalue weighted by Gasteiger charge is 2.54. The normalized spacial score (nSPS) is 41.2. The summed E-state index contributed by atoms with van der Waals surface area (Å²) in [6.07, 6.45) is -7.45. The Kier molecular flexibility index (Phi) is 22.7. The molecular weight excluding hydrogens is 857 g/mol. The number of aliphatic hydroxyl groups excluding tert-OH is 1. The number of rotatable bonds is 18. The van der Waals surface area contributed by atoms with Crippen molar-refractivity contribution in [1.82, 2.24) is 15.1 Å². The van der Waals surface area contributed by atoms with Gasteiger partial charge in [0.2, 0.25) is 5.91 Å². The van der Waals surface area contributed by atoms with Crippen LogP contribution in [0.2, 0.25) is 0 Å². The van der Waals surface area contributed by atoms with Crippen molar-refractivity contribution in [3.63, 3.8) is 0 Å². The summed E-state index contributed by atoms with van der Waals surface area (Å²) in [4.78, 5) is 46.3. The van der Waals surface area contributed by atoms with E-state index >= 15 is 0 Å². The molecule has 0 saturated carbocycles. The van der Waals surface area contributed by atoms with Crippen molar-refractivity contribution in [2.75, 3.05) is 61.1 Å². The summed E-state index contributed by atoms with van der Waals surface area (Å²) in [6.45, 7) is 24.6. The number of carbonyl (C=O) groups is 3. The number of amides is 1. The highest BCUT2D eigenvalue weighted by Crippen LogP contribution is 2.42. The molecular formula is C48H90N4O14. The van der Waals surface area contributed by atoms with Gasteiger partial charge in [-0.3, -0.25) is 14.4 Å². The second-order valence-electron chi connectivity index (χ2n) is 20.0. The third-order valence-corrected chi connectivity index (χ3v) is 14.5. The lowest BCUT2D eigenvalue weighted by Crippen LogP contribution is -2.61. The number of nitrogens with two attached hydrogens (primary N) is 1. The van der Waals surface area contributed by atoms with E-state index in [-0.39, 0.29) is 56.3 Å². The molecule has 66 heavy (non-hydrogen) atoms. The van der Waals surface area contributed by atoms with Crippen LogP contribution in [0.4, 0.5) is 0 Å². The van der Waals surface area contributed by atoms with Gasteiger partial charge in [-0.05, 0) is 108 Å². The third-order valence-electron chi connectivity index (χ3n) is 14.5. The van der Waals surface area contributed by atoms with E-state index in [9.17, 15) is 24.6 Å². The number of aliphatic hydroxyl groups is 2. The maximum Gasteiger partial charge on any atom is 0.311 e. The summed E-state index contributed by atoms with van der Waals surface area (Å²) >= 11 is 0. The fourth-order valence-corrected chi connectivity index (χ4v) is 10.2. The first-order valence-electron chi connectivity index (χ1n) is 24.4. The molecule has 3 heterocycles. The van der Waals surface area contributed by atoms with Gasteiger partial charge in [0.05, 0.1) is 48.4 Å². The number of esters is 2. The van der Waals surface area contributed by atoms with Gasteiger partial charge < -0.3 is 73.7 Å². The molecule has 0 aromatic rings. The molecule has 0 aliphatic carbocycles. The van der Waals surface area contributed by atoms with Crippen LogP contribution < -0.4 is 11.1 Å². The summed E-state index contributed by atoms with van der Waals surface area (Å²) in [5, 5.41) is 27.2. The minimum absolute atomic E-state index is 0.107. The van der Waals surface area contributed by atoms with Gasteiger partial charge in [0, 0.05) is 51.7 Å². The summed E-state index contributed by atoms with van der Waals surface area (Å²) in [7, 11) is 6.86. The average Bonchev–Trinajstić information content (AvgIpc) is 3.26. The van der Waals surface area contributed by atoms with Crippen molar-refractivity contribution in [3.8, 4) is 0 Å². The van der Waals surface area contributed by atoms with E-state index in [2.05, 4.69) is 10.2 Å². The predicted molar refractivity (Wildman–Crippen MR) is 248 cm³/mol. The van der Waals surface area contributed by atoms with Crippen LogP contribution in [0.25, 0.3) is 0 Å². The molecule has 3 aliphatic heterocycles. The van der Waals surface area contributed by atoms with Crippen LogP contribution in [-0.2, 0) is 57.0 Å². The van der Waals surface area contributed by atoms with E-state index in [0.717, 1.165) is 13.1 Å². The zero-order valence-corrected chi connectivity index (χ0v) is 43.2. The van der Waals surface area contributed by atoms with Crippen molar-refractivity contribution < 1.29 is 67.2 Å². The second kappa shape index (κ2) is 25.7. The third kappa shape index (κ3) is 14.5. The Labute approximate surface area is 395 Å². The van der Waals surface area contributed by atoms with Crippen molar-refractivity contribution in [1.29, 1.82) is 0 Å². The standard InChI is InChI=1S/C48H90N4O14/c1-17-35-48(12,57)41(60-24-20-22-49)32(8)50-43(55)28(4)26-46(10,58-15)40(66-45-38(54)34(51(13)14)25-29(5)61-45)30(6)39(31(7)44(56)63-35)65-37-27-47(11,59-16)42(33(9)62-37)64-36(53)21-23-52(18-2)19-3/h28-35,37-42,45,54,57H,17-27,49H2,1-16H3,(H,50,55)/t28-,29-,30+,31-,32-,33+,34+,35-,37?,38+,39+,40-,41-,42+,45+,46-,47-,48-/m1/s1. The Morgan fingerprint density at radius 3 is 2.09 bits per heavy atom. The number of hydrogen-bond donors (Lipinski definition) is 4. The predicted octanol–water partition coefficient (Wildman–Crippen LogP) is 3.40. The topological polar surface area (TPSA) is 219 Å². The zero-order chi connectivity index (χ0) is 49.9. The molecule has 3 fully saturated rings. The first kappa shape index (κ1) is 58.2. The van der Waals surface area contributed by atoms with E-state index in [1.807, 2.05) is 60.5 Å². The molecule has 5 N–H and O–H groups in total. The van der Waals surface area contributed by atoms with E-state index < -0.39 is 102 Å². The zero-order valence-electron chi connectivity index (χ0n) is 43.2. The number of carbonyl (C=O) groups excluding carboxylic acids is 3. The summed E-state index contributed by atoms with van der Waals surface area (Å²) in [5.41, 5.74) is 1.68. The monoisotopic (exact) mass is 947 g/mol. The minimum Gasteiger partial charge on any atom is -0.459 e. The number of nitrogens with one attached hydrogen (secondary N) is 1. The lowest BCUT2D eigenvalue weighted by atomic mass is 9.77. The van der Waals surface area contributed by atoms with Gasteiger partial charge in [0.1, 0.15) is 29.5 Å². The fourth-order valence-electron chi connectivity index (χ4n) is 10.2. The fraction of sp³-hybridized carbons (Fsp3) is 0.938. The van der Waals surface area contributed by atoms with Gasteiger partial charge in [-0.2, -0.15) is 0 Å². The Balaban J connectivity index is 2.20. The molecule has 18 nitrogen and oxygen atoms in total. The van der Waals surface area contributed by atoms with Crippen LogP contribution in [0.1, 0.15) is 122 Å². The molecule has 0 spiro atoms. The molecule has 3 rings (SSSR count). The molecule has 1 unspecified atom stereocenters. The van der Waals surface area contributed by atoms with Crippen LogP contribution in [0.3, 0.4) is 0 Å². The molecule has 0 aromatic heterocycles. The van der Waals surface area contributed by atoms with Crippen LogP contribution in [-0.4, -0.2) is 189 Å². The van der Waals surface area contributed by atoms with Crippen molar-refractivity contribution >= 4 is 17.8 Å². The Morgan fingerprint density at radius 1 is 0.909 bits per heavy atom. The highest BCUT2D eigenvalue weighted by atomic mass is 16.7. The van der Waals surface area contributed by atoms with Gasteiger partial charge in [-0.15, -0.1) is 0 Å². The van der Waals surface area contributed by atoms with E-state index in [1.165, 1.54) is 7.11 Å². The highest BCUT2D eigenvalue weighted by molar-refractivity contribution is 5.78. The van der Waals surface area contributed by atoms with Gasteiger partial charge in [-0.25, -0.2) is 0 Å². The molecule has 0 radical (unpaired) electrons. The molecule has 386 valence electrons. The maximum absolute atomic E-state index is 14.8. The van der Waals surface area contributed by atoms with Gasteiger partial charge >= 0.3 is 11.9 Å². The molecule has 18 heteroatoms. The lowest BCUT2D eigenvalue weighted by molar-refractivity contribution is -0.320. The number of ether oxygens (including phenoxy) is 9. The number of hydrogen-bond acceptors (Lipinski definition) is 17. The Morgan fingerprint density at radius 2 is 1.53 bits per heavy atom. The Bertz CT molecular complexity index is 1510. The van der Waals surface area contributed by atoms with E-state index in [4.69, 9.17) is 48.4 Å². The van der Waals surface area contributed by atoms with Crippen LogP contribution >= 0.6 is 0 Å². The quantitative estimate of drug-likeness (QED) is 0.114. The van der Waals surface area contributed by atoms with E-state index in [0.29, 0.717) is 25.9 Å².